The van der Waals surface area contributed by atoms with Crippen molar-refractivity contribution >= 4 is 12.2 Å². The summed E-state index contributed by atoms with van der Waals surface area (Å²) in [5, 5.41) is 11.5. The Labute approximate surface area is 125 Å². The normalized spacial score (nSPS) is 11.0. The SMILES string of the molecule is COc1cc(C=CCNC(=O)OC(C)(C)C)ccc1C#N. The van der Waals surface area contributed by atoms with Gasteiger partial charge in [0.05, 0.1) is 12.7 Å². The number of methoxy groups -OCH3 is 1. The fourth-order valence-corrected chi connectivity index (χ4v) is 1.56. The lowest BCUT2D eigenvalue weighted by Gasteiger charge is -2.19. The summed E-state index contributed by atoms with van der Waals surface area (Å²) >= 11 is 0. The highest BCUT2D eigenvalue weighted by Crippen LogP contribution is 2.19. The molecule has 0 radical (unpaired) electrons. The standard InChI is InChI=1S/C16H20N2O3/c1-16(2,3)21-15(19)18-9-5-6-12-7-8-13(11-17)14(10-12)20-4/h5-8,10H,9H2,1-4H3,(H,18,19). The number of carbonyl (C=O) groups excluding carboxylic acids is 1. The van der Waals surface area contributed by atoms with Crippen LogP contribution >= 0.6 is 0 Å². The maximum Gasteiger partial charge on any atom is 0.407 e. The molecule has 21 heavy (non-hydrogen) atoms. The van der Waals surface area contributed by atoms with Crippen LogP contribution in [0.1, 0.15) is 31.9 Å². The van der Waals surface area contributed by atoms with Crippen LogP contribution < -0.4 is 10.1 Å². The monoisotopic (exact) mass is 288 g/mol. The van der Waals surface area contributed by atoms with Gasteiger partial charge in [0.1, 0.15) is 17.4 Å². The molecule has 1 aromatic rings. The second-order valence-corrected chi connectivity index (χ2v) is 5.36. The van der Waals surface area contributed by atoms with Crippen molar-refractivity contribution in [1.82, 2.24) is 5.32 Å². The van der Waals surface area contributed by atoms with Crippen molar-refractivity contribution in [3.05, 3.63) is 35.4 Å². The van der Waals surface area contributed by atoms with E-state index in [0.29, 0.717) is 17.9 Å². The van der Waals surface area contributed by atoms with Crippen LogP contribution in [0.4, 0.5) is 4.79 Å². The zero-order valence-corrected chi connectivity index (χ0v) is 12.8. The minimum absolute atomic E-state index is 0.358. The summed E-state index contributed by atoms with van der Waals surface area (Å²) in [5.74, 6) is 0.528. The molecule has 0 fully saturated rings. The molecule has 0 saturated heterocycles. The highest BCUT2D eigenvalue weighted by atomic mass is 16.6. The van der Waals surface area contributed by atoms with Gasteiger partial charge in [-0.2, -0.15) is 5.26 Å². The van der Waals surface area contributed by atoms with E-state index >= 15 is 0 Å². The van der Waals surface area contributed by atoms with Gasteiger partial charge in [-0.25, -0.2) is 4.79 Å². The smallest absolute Gasteiger partial charge is 0.407 e. The van der Waals surface area contributed by atoms with Crippen LogP contribution in [-0.2, 0) is 4.74 Å². The van der Waals surface area contributed by atoms with Crippen LogP contribution in [0.25, 0.3) is 6.08 Å². The number of hydrogen-bond acceptors (Lipinski definition) is 4. The topological polar surface area (TPSA) is 71.3 Å². The highest BCUT2D eigenvalue weighted by Gasteiger charge is 2.14. The summed E-state index contributed by atoms with van der Waals surface area (Å²) in [6.07, 6.45) is 3.18. The molecular formula is C16H20N2O3. The number of nitriles is 1. The number of alkyl carbamates (subject to hydrolysis) is 1. The molecule has 5 heteroatoms. The van der Waals surface area contributed by atoms with Crippen LogP contribution in [-0.4, -0.2) is 25.3 Å². The van der Waals surface area contributed by atoms with Gasteiger partial charge in [0.25, 0.3) is 0 Å². The molecular weight excluding hydrogens is 268 g/mol. The van der Waals surface area contributed by atoms with Crippen LogP contribution in [0.3, 0.4) is 0 Å². The van der Waals surface area contributed by atoms with Crippen LogP contribution in [0, 0.1) is 11.3 Å². The van der Waals surface area contributed by atoms with Crippen molar-refractivity contribution in [3.8, 4) is 11.8 Å². The molecule has 0 saturated carbocycles. The molecule has 0 bridgehead atoms. The van der Waals surface area contributed by atoms with Gasteiger partial charge in [-0.15, -0.1) is 0 Å². The Morgan fingerprint density at radius 1 is 1.43 bits per heavy atom. The number of hydrogen-bond donors (Lipinski definition) is 1. The molecule has 1 N–H and O–H groups in total. The van der Waals surface area contributed by atoms with E-state index < -0.39 is 11.7 Å². The average Bonchev–Trinajstić information content (AvgIpc) is 2.41. The number of nitrogens with one attached hydrogen (secondary N) is 1. The van der Waals surface area contributed by atoms with Crippen molar-refractivity contribution in [3.63, 3.8) is 0 Å². The first-order valence-corrected chi connectivity index (χ1v) is 6.57. The largest absolute Gasteiger partial charge is 0.495 e. The Hall–Kier alpha value is -2.48. The van der Waals surface area contributed by atoms with E-state index in [9.17, 15) is 4.79 Å². The summed E-state index contributed by atoms with van der Waals surface area (Å²) in [6, 6.07) is 7.33. The minimum atomic E-state index is -0.506. The Balaban J connectivity index is 2.55. The fraction of sp³-hybridized carbons (Fsp3) is 0.375. The van der Waals surface area contributed by atoms with Gasteiger partial charge in [-0.05, 0) is 38.5 Å². The second-order valence-electron chi connectivity index (χ2n) is 5.36. The van der Waals surface area contributed by atoms with E-state index in [-0.39, 0.29) is 0 Å². The molecule has 1 aromatic carbocycles. The Morgan fingerprint density at radius 3 is 2.71 bits per heavy atom. The number of benzene rings is 1. The maximum atomic E-state index is 11.4. The molecule has 0 heterocycles. The van der Waals surface area contributed by atoms with Gasteiger partial charge >= 0.3 is 6.09 Å². The summed E-state index contributed by atoms with van der Waals surface area (Å²) in [4.78, 5) is 11.4. The number of amides is 1. The third-order valence-corrected chi connectivity index (χ3v) is 2.42. The molecule has 0 unspecified atom stereocenters. The third kappa shape index (κ3) is 6.00. The molecule has 0 atom stereocenters. The van der Waals surface area contributed by atoms with Gasteiger partial charge < -0.3 is 14.8 Å². The molecule has 0 aromatic heterocycles. The van der Waals surface area contributed by atoms with Crippen LogP contribution in [0.2, 0.25) is 0 Å². The number of nitrogens with zero attached hydrogens (tertiary/aromatic N) is 1. The Kier molecular flexibility index (Phi) is 5.79. The van der Waals surface area contributed by atoms with E-state index in [4.69, 9.17) is 14.7 Å². The van der Waals surface area contributed by atoms with Crippen molar-refractivity contribution in [2.45, 2.75) is 26.4 Å². The van der Waals surface area contributed by atoms with E-state index in [2.05, 4.69) is 11.4 Å². The predicted molar refractivity (Wildman–Crippen MR) is 81.0 cm³/mol. The molecule has 0 aliphatic rings. The Morgan fingerprint density at radius 2 is 2.14 bits per heavy atom. The van der Waals surface area contributed by atoms with Gasteiger partial charge in [0, 0.05) is 6.54 Å². The lowest BCUT2D eigenvalue weighted by molar-refractivity contribution is 0.0534. The number of carbonyl (C=O) groups is 1. The molecule has 1 amide bonds. The summed E-state index contributed by atoms with van der Waals surface area (Å²) < 4.78 is 10.2. The van der Waals surface area contributed by atoms with Crippen LogP contribution in [0.5, 0.6) is 5.75 Å². The Bertz CT molecular complexity index is 566. The summed E-state index contributed by atoms with van der Waals surface area (Å²) in [7, 11) is 1.52. The first-order chi connectivity index (χ1) is 9.85. The number of rotatable bonds is 4. The summed E-state index contributed by atoms with van der Waals surface area (Å²) in [5.41, 5.74) is 0.868. The van der Waals surface area contributed by atoms with Crippen molar-refractivity contribution in [2.24, 2.45) is 0 Å². The first kappa shape index (κ1) is 16.6. The molecule has 112 valence electrons. The maximum absolute atomic E-state index is 11.4. The van der Waals surface area contributed by atoms with Gasteiger partial charge in [-0.1, -0.05) is 18.2 Å². The van der Waals surface area contributed by atoms with Gasteiger partial charge in [0.2, 0.25) is 0 Å². The fourth-order valence-electron chi connectivity index (χ4n) is 1.56. The van der Waals surface area contributed by atoms with Crippen LogP contribution in [0.15, 0.2) is 24.3 Å². The molecule has 1 rings (SSSR count). The van der Waals surface area contributed by atoms with Gasteiger partial charge in [0.15, 0.2) is 0 Å². The van der Waals surface area contributed by atoms with Gasteiger partial charge in [-0.3, -0.25) is 0 Å². The van der Waals surface area contributed by atoms with E-state index in [1.807, 2.05) is 32.9 Å². The molecule has 0 aliphatic heterocycles. The summed E-state index contributed by atoms with van der Waals surface area (Å²) in [6.45, 7) is 5.79. The van der Waals surface area contributed by atoms with Crippen molar-refractivity contribution in [1.29, 1.82) is 5.26 Å². The molecule has 0 aliphatic carbocycles. The molecule has 0 spiro atoms. The zero-order valence-electron chi connectivity index (χ0n) is 12.8. The third-order valence-electron chi connectivity index (χ3n) is 2.42. The lowest BCUT2D eigenvalue weighted by atomic mass is 10.1. The first-order valence-electron chi connectivity index (χ1n) is 6.57. The quantitative estimate of drug-likeness (QED) is 0.924. The van der Waals surface area contributed by atoms with E-state index in [1.54, 1.807) is 18.2 Å². The van der Waals surface area contributed by atoms with E-state index in [0.717, 1.165) is 5.56 Å². The highest BCUT2D eigenvalue weighted by molar-refractivity contribution is 5.68. The zero-order chi connectivity index (χ0) is 15.9. The van der Waals surface area contributed by atoms with Crippen molar-refractivity contribution in [2.75, 3.05) is 13.7 Å². The van der Waals surface area contributed by atoms with E-state index in [1.165, 1.54) is 7.11 Å². The predicted octanol–water partition coefficient (Wildman–Crippen LogP) is 3.10. The average molecular weight is 288 g/mol. The van der Waals surface area contributed by atoms with Crippen molar-refractivity contribution < 1.29 is 14.3 Å². The lowest BCUT2D eigenvalue weighted by Crippen LogP contribution is -2.32. The molecule has 5 nitrogen and oxygen atoms in total. The minimum Gasteiger partial charge on any atom is -0.495 e. The number of ether oxygens (including phenoxy) is 2. The second kappa shape index (κ2) is 7.34.